The zero-order valence-electron chi connectivity index (χ0n) is 13.3. The van der Waals surface area contributed by atoms with Crippen LogP contribution in [0.5, 0.6) is 0 Å². The molecule has 2 heterocycles. The first-order valence-corrected chi connectivity index (χ1v) is 7.67. The first-order valence-electron chi connectivity index (χ1n) is 6.85. The summed E-state index contributed by atoms with van der Waals surface area (Å²) in [5.74, 6) is 0. The predicted octanol–water partition coefficient (Wildman–Crippen LogP) is 3.79. The highest BCUT2D eigenvalue weighted by Crippen LogP contribution is 2.37. The maximum absolute atomic E-state index is 4.36. The van der Waals surface area contributed by atoms with Crippen LogP contribution in [-0.4, -0.2) is 26.6 Å². The molecule has 0 aliphatic heterocycles. The third kappa shape index (κ3) is 3.67. The number of nitrogens with zero attached hydrogens (tertiary/aromatic N) is 3. The molecule has 0 saturated heterocycles. The Hall–Kier alpha value is -1.75. The van der Waals surface area contributed by atoms with Gasteiger partial charge < -0.3 is 4.57 Å². The molecule has 1 N–H and O–H groups in total. The van der Waals surface area contributed by atoms with E-state index in [2.05, 4.69) is 54.8 Å². The second-order valence-electron chi connectivity index (χ2n) is 5.94. The molecule has 0 radical (unpaired) electrons. The largest absolute Gasteiger partial charge is 0.306 e. The molecule has 0 fully saturated rings. The highest BCUT2D eigenvalue weighted by atomic mass is 32.2. The summed E-state index contributed by atoms with van der Waals surface area (Å²) in [4.78, 5) is 5.56. The van der Waals surface area contributed by atoms with Gasteiger partial charge in [-0.1, -0.05) is 27.4 Å². The van der Waals surface area contributed by atoms with Crippen LogP contribution in [0.25, 0.3) is 16.8 Å². The van der Waals surface area contributed by atoms with Crippen molar-refractivity contribution >= 4 is 17.5 Å². The summed E-state index contributed by atoms with van der Waals surface area (Å²) in [5, 5.41) is 6.94. The van der Waals surface area contributed by atoms with Crippen molar-refractivity contribution in [2.75, 3.05) is 7.05 Å². The van der Waals surface area contributed by atoms with Crippen LogP contribution < -0.4 is 5.49 Å². The van der Waals surface area contributed by atoms with Gasteiger partial charge in [-0.15, -0.1) is 11.8 Å². The van der Waals surface area contributed by atoms with Gasteiger partial charge in [-0.05, 0) is 13.0 Å². The van der Waals surface area contributed by atoms with Gasteiger partial charge in [0, 0.05) is 45.9 Å². The van der Waals surface area contributed by atoms with Crippen LogP contribution in [0.3, 0.4) is 0 Å². The molecule has 0 atom stereocenters. The molecule has 2 rings (SSSR count). The molecule has 4 nitrogen and oxygen atoms in total. The summed E-state index contributed by atoms with van der Waals surface area (Å²) in [7, 11) is 1.80. The van der Waals surface area contributed by atoms with Crippen molar-refractivity contribution < 1.29 is 0 Å². The van der Waals surface area contributed by atoms with E-state index in [4.69, 9.17) is 0 Å². The van der Waals surface area contributed by atoms with E-state index in [9.17, 15) is 0 Å². The molecular formula is C16H22N4S. The Bertz CT molecular complexity index is 703. The van der Waals surface area contributed by atoms with Crippen LogP contribution in [-0.2, 0) is 0 Å². The molecule has 112 valence electrons. The van der Waals surface area contributed by atoms with Gasteiger partial charge in [0.05, 0.1) is 6.20 Å². The van der Waals surface area contributed by atoms with E-state index in [1.165, 1.54) is 4.90 Å². The Kier molecular flexibility index (Phi) is 4.42. The molecule has 0 amide bonds. The number of aromatic amines is 1. The third-order valence-corrected chi connectivity index (χ3v) is 4.06. The average Bonchev–Trinajstić information content (AvgIpc) is 2.90. The fourth-order valence-corrected chi connectivity index (χ4v) is 3.14. The SMILES string of the molecule is C=C(C)n1cc(SC(C)(C)C)c(-c2cn[nH]c2)cc1=NC. The Morgan fingerprint density at radius 1 is 1.43 bits per heavy atom. The van der Waals surface area contributed by atoms with E-state index in [-0.39, 0.29) is 4.75 Å². The number of aromatic nitrogens is 3. The number of rotatable bonds is 3. The zero-order chi connectivity index (χ0) is 15.6. The van der Waals surface area contributed by atoms with Crippen LogP contribution in [0.15, 0.2) is 41.1 Å². The van der Waals surface area contributed by atoms with Crippen molar-refractivity contribution in [2.24, 2.45) is 4.99 Å². The Labute approximate surface area is 130 Å². The zero-order valence-corrected chi connectivity index (χ0v) is 14.1. The molecule has 2 aromatic rings. The number of nitrogens with one attached hydrogen (secondary N) is 1. The van der Waals surface area contributed by atoms with Crippen molar-refractivity contribution in [1.82, 2.24) is 14.8 Å². The molecule has 2 aromatic heterocycles. The fourth-order valence-electron chi connectivity index (χ4n) is 2.04. The second-order valence-corrected chi connectivity index (χ2v) is 7.81. The van der Waals surface area contributed by atoms with Crippen LogP contribution >= 0.6 is 11.8 Å². The maximum atomic E-state index is 4.36. The van der Waals surface area contributed by atoms with E-state index >= 15 is 0 Å². The van der Waals surface area contributed by atoms with Gasteiger partial charge in [0.15, 0.2) is 0 Å². The number of hydrogen-bond acceptors (Lipinski definition) is 3. The fraction of sp³-hybridized carbons (Fsp3) is 0.375. The molecule has 0 unspecified atom stereocenters. The van der Waals surface area contributed by atoms with Crippen LogP contribution in [0, 0.1) is 0 Å². The second kappa shape index (κ2) is 5.93. The van der Waals surface area contributed by atoms with E-state index in [0.29, 0.717) is 0 Å². The summed E-state index contributed by atoms with van der Waals surface area (Å²) in [5.41, 5.74) is 4.05. The van der Waals surface area contributed by atoms with Gasteiger partial charge in [0.2, 0.25) is 0 Å². The maximum Gasteiger partial charge on any atom is 0.132 e. The molecule has 0 saturated carbocycles. The minimum Gasteiger partial charge on any atom is -0.306 e. The minimum absolute atomic E-state index is 0.121. The molecule has 0 aliphatic rings. The lowest BCUT2D eigenvalue weighted by atomic mass is 10.1. The monoisotopic (exact) mass is 302 g/mol. The normalized spacial score (nSPS) is 12.7. The van der Waals surface area contributed by atoms with Crippen molar-refractivity contribution in [3.63, 3.8) is 0 Å². The van der Waals surface area contributed by atoms with E-state index in [1.54, 1.807) is 7.05 Å². The lowest BCUT2D eigenvalue weighted by Crippen LogP contribution is -2.20. The molecule has 21 heavy (non-hydrogen) atoms. The first-order chi connectivity index (χ1) is 9.81. The number of hydrogen-bond donors (Lipinski definition) is 1. The lowest BCUT2D eigenvalue weighted by Gasteiger charge is -2.21. The lowest BCUT2D eigenvalue weighted by molar-refractivity contribution is 0.801. The van der Waals surface area contributed by atoms with Crippen molar-refractivity contribution in [1.29, 1.82) is 0 Å². The molecular weight excluding hydrogens is 280 g/mol. The summed E-state index contributed by atoms with van der Waals surface area (Å²) in [6.07, 6.45) is 5.86. The van der Waals surface area contributed by atoms with Gasteiger partial charge in [-0.2, -0.15) is 5.10 Å². The van der Waals surface area contributed by atoms with Gasteiger partial charge >= 0.3 is 0 Å². The van der Waals surface area contributed by atoms with Crippen molar-refractivity contribution in [3.8, 4) is 11.1 Å². The average molecular weight is 302 g/mol. The summed E-state index contributed by atoms with van der Waals surface area (Å²) in [6, 6.07) is 2.09. The Morgan fingerprint density at radius 3 is 2.62 bits per heavy atom. The molecule has 5 heteroatoms. The minimum atomic E-state index is 0.121. The van der Waals surface area contributed by atoms with Crippen molar-refractivity contribution in [2.45, 2.75) is 37.3 Å². The first kappa shape index (κ1) is 15.6. The summed E-state index contributed by atoms with van der Waals surface area (Å²) >= 11 is 1.83. The highest BCUT2D eigenvalue weighted by molar-refractivity contribution is 8.00. The van der Waals surface area contributed by atoms with E-state index < -0.39 is 0 Å². The van der Waals surface area contributed by atoms with Gasteiger partial charge in [0.1, 0.15) is 5.49 Å². The standard InChI is InChI=1S/C16H22N4S/c1-11(2)20-10-14(21-16(3,4)5)13(7-15(20)17-6)12-8-18-19-9-12/h7-10H,1H2,2-6H3,(H,18,19). The van der Waals surface area contributed by atoms with Crippen LogP contribution in [0.2, 0.25) is 0 Å². The van der Waals surface area contributed by atoms with Crippen LogP contribution in [0.1, 0.15) is 27.7 Å². The molecule has 0 aromatic carbocycles. The van der Waals surface area contributed by atoms with Crippen LogP contribution in [0.4, 0.5) is 0 Å². The molecule has 0 bridgehead atoms. The summed E-state index contributed by atoms with van der Waals surface area (Å²) in [6.45, 7) is 12.6. The number of thioether (sulfide) groups is 1. The Balaban J connectivity index is 2.70. The van der Waals surface area contributed by atoms with Gasteiger partial charge in [-0.25, -0.2) is 0 Å². The number of H-pyrrole nitrogens is 1. The summed E-state index contributed by atoms with van der Waals surface area (Å²) < 4.78 is 2.15. The predicted molar refractivity (Wildman–Crippen MR) is 90.1 cm³/mol. The number of allylic oxidation sites excluding steroid dienone is 1. The van der Waals surface area contributed by atoms with E-state index in [1.807, 2.05) is 35.6 Å². The number of pyridine rings is 1. The van der Waals surface area contributed by atoms with E-state index in [0.717, 1.165) is 22.3 Å². The quantitative estimate of drug-likeness (QED) is 0.877. The van der Waals surface area contributed by atoms with Crippen molar-refractivity contribution in [3.05, 3.63) is 36.7 Å². The smallest absolute Gasteiger partial charge is 0.132 e. The topological polar surface area (TPSA) is 46.0 Å². The molecule has 0 spiro atoms. The molecule has 0 aliphatic carbocycles. The highest BCUT2D eigenvalue weighted by Gasteiger charge is 2.17. The van der Waals surface area contributed by atoms with Gasteiger partial charge in [-0.3, -0.25) is 10.1 Å². The third-order valence-electron chi connectivity index (χ3n) is 2.90. The Morgan fingerprint density at radius 2 is 2.14 bits per heavy atom. The van der Waals surface area contributed by atoms with Gasteiger partial charge in [0.25, 0.3) is 0 Å².